The van der Waals surface area contributed by atoms with E-state index in [9.17, 15) is 4.79 Å². The van der Waals surface area contributed by atoms with Crippen molar-refractivity contribution in [2.75, 3.05) is 26.9 Å². The molecule has 0 bridgehead atoms. The van der Waals surface area contributed by atoms with Gasteiger partial charge >= 0.3 is 0 Å². The van der Waals surface area contributed by atoms with Crippen LogP contribution in [0, 0.1) is 0 Å². The van der Waals surface area contributed by atoms with Crippen LogP contribution in [0.5, 0.6) is 0 Å². The lowest BCUT2D eigenvalue weighted by molar-refractivity contribution is 0.0824. The Balaban J connectivity index is 1.72. The number of ether oxygens (including phenoxy) is 2. The molecule has 2 heterocycles. The number of halogens is 1. The van der Waals surface area contributed by atoms with Gasteiger partial charge in [-0.15, -0.1) is 0 Å². The number of hydrogen-bond acceptors (Lipinski definition) is 4. The minimum Gasteiger partial charge on any atom is -0.385 e. The van der Waals surface area contributed by atoms with E-state index < -0.39 is 0 Å². The third-order valence-electron chi connectivity index (χ3n) is 4.23. The van der Waals surface area contributed by atoms with Crippen molar-refractivity contribution in [2.45, 2.75) is 18.4 Å². The van der Waals surface area contributed by atoms with E-state index >= 15 is 0 Å². The average Bonchev–Trinajstić information content (AvgIpc) is 3.24. The summed E-state index contributed by atoms with van der Waals surface area (Å²) in [5, 5.41) is 10.2. The number of rotatable bonds is 6. The molecule has 3 rings (SSSR count). The van der Waals surface area contributed by atoms with E-state index in [1.54, 1.807) is 13.2 Å². The highest BCUT2D eigenvalue weighted by atomic mass is 79.9. The average molecular weight is 394 g/mol. The van der Waals surface area contributed by atoms with Gasteiger partial charge in [-0.25, -0.2) is 0 Å². The maximum Gasteiger partial charge on any atom is 0.269 e. The molecule has 128 valence electrons. The SMILES string of the molecule is COCCC1(NC(=O)c2cc(-c3ccc(Br)cc3)n[nH]2)CCOC1. The van der Waals surface area contributed by atoms with E-state index in [0.29, 0.717) is 25.5 Å². The van der Waals surface area contributed by atoms with E-state index in [4.69, 9.17) is 9.47 Å². The van der Waals surface area contributed by atoms with Crippen LogP contribution in [-0.2, 0) is 9.47 Å². The number of methoxy groups -OCH3 is 1. The van der Waals surface area contributed by atoms with Gasteiger partial charge in [0.25, 0.3) is 5.91 Å². The summed E-state index contributed by atoms with van der Waals surface area (Å²) in [5.41, 5.74) is 1.76. The highest BCUT2D eigenvalue weighted by molar-refractivity contribution is 9.10. The Morgan fingerprint density at radius 2 is 2.25 bits per heavy atom. The summed E-state index contributed by atoms with van der Waals surface area (Å²) in [5.74, 6) is -0.174. The molecule has 1 amide bonds. The summed E-state index contributed by atoms with van der Waals surface area (Å²) in [6.45, 7) is 1.74. The summed E-state index contributed by atoms with van der Waals surface area (Å²) < 4.78 is 11.6. The number of nitrogens with zero attached hydrogens (tertiary/aromatic N) is 1. The van der Waals surface area contributed by atoms with Crippen LogP contribution in [0.15, 0.2) is 34.8 Å². The Kier molecular flexibility index (Phi) is 5.33. The molecule has 1 aliphatic heterocycles. The fraction of sp³-hybridized carbons (Fsp3) is 0.412. The van der Waals surface area contributed by atoms with Crippen molar-refractivity contribution in [2.24, 2.45) is 0 Å². The molecule has 1 atom stereocenters. The van der Waals surface area contributed by atoms with Crippen molar-refractivity contribution >= 4 is 21.8 Å². The largest absolute Gasteiger partial charge is 0.385 e. The minimum atomic E-state index is -0.365. The van der Waals surface area contributed by atoms with Crippen molar-refractivity contribution in [3.63, 3.8) is 0 Å². The number of carbonyl (C=O) groups excluding carboxylic acids is 1. The Morgan fingerprint density at radius 3 is 2.92 bits per heavy atom. The highest BCUT2D eigenvalue weighted by Crippen LogP contribution is 2.24. The molecule has 2 N–H and O–H groups in total. The van der Waals surface area contributed by atoms with Crippen LogP contribution < -0.4 is 5.32 Å². The zero-order valence-electron chi connectivity index (χ0n) is 13.5. The molecule has 0 spiro atoms. The molecule has 0 aliphatic carbocycles. The van der Waals surface area contributed by atoms with Gasteiger partial charge in [-0.05, 0) is 31.0 Å². The van der Waals surface area contributed by atoms with Crippen molar-refractivity contribution < 1.29 is 14.3 Å². The Labute approximate surface area is 149 Å². The third-order valence-corrected chi connectivity index (χ3v) is 4.76. The second kappa shape index (κ2) is 7.46. The smallest absolute Gasteiger partial charge is 0.269 e. The van der Waals surface area contributed by atoms with E-state index in [1.807, 2.05) is 24.3 Å². The number of carbonyl (C=O) groups is 1. The topological polar surface area (TPSA) is 76.2 Å². The fourth-order valence-electron chi connectivity index (χ4n) is 2.78. The standard InChI is InChI=1S/C17H20BrN3O3/c1-23-8-6-17(7-9-24-11-17)19-16(22)15-10-14(20-21-15)12-2-4-13(18)5-3-12/h2-5,10H,6-9,11H2,1H3,(H,19,22)(H,20,21). The highest BCUT2D eigenvalue weighted by Gasteiger charge is 2.36. The maximum atomic E-state index is 12.6. The monoisotopic (exact) mass is 393 g/mol. The number of hydrogen-bond donors (Lipinski definition) is 2. The van der Waals surface area contributed by atoms with Gasteiger partial charge in [-0.1, -0.05) is 28.1 Å². The Bertz CT molecular complexity index is 693. The first kappa shape index (κ1) is 17.1. The van der Waals surface area contributed by atoms with E-state index in [2.05, 4.69) is 31.4 Å². The summed E-state index contributed by atoms with van der Waals surface area (Å²) in [6, 6.07) is 9.55. The lowest BCUT2D eigenvalue weighted by Gasteiger charge is -2.28. The number of benzene rings is 1. The van der Waals surface area contributed by atoms with Crippen LogP contribution in [-0.4, -0.2) is 48.6 Å². The Hall–Kier alpha value is -1.70. The van der Waals surface area contributed by atoms with Crippen LogP contribution in [0.25, 0.3) is 11.3 Å². The Morgan fingerprint density at radius 1 is 1.46 bits per heavy atom. The first-order chi connectivity index (χ1) is 11.6. The molecule has 24 heavy (non-hydrogen) atoms. The molecule has 1 aromatic heterocycles. The molecule has 1 unspecified atom stereocenters. The number of nitrogens with one attached hydrogen (secondary N) is 2. The summed E-state index contributed by atoms with van der Waals surface area (Å²) in [7, 11) is 1.66. The van der Waals surface area contributed by atoms with Crippen LogP contribution in [0.4, 0.5) is 0 Å². The second-order valence-corrected chi connectivity index (χ2v) is 6.87. The second-order valence-electron chi connectivity index (χ2n) is 5.95. The van der Waals surface area contributed by atoms with Crippen LogP contribution in [0.2, 0.25) is 0 Å². The van der Waals surface area contributed by atoms with Gasteiger partial charge in [0.05, 0.1) is 17.8 Å². The fourth-order valence-corrected chi connectivity index (χ4v) is 3.04. The molecular weight excluding hydrogens is 374 g/mol. The van der Waals surface area contributed by atoms with Crippen molar-refractivity contribution in [1.82, 2.24) is 15.5 Å². The maximum absolute atomic E-state index is 12.6. The van der Waals surface area contributed by atoms with Gasteiger partial charge < -0.3 is 14.8 Å². The number of H-pyrrole nitrogens is 1. The van der Waals surface area contributed by atoms with Gasteiger partial charge in [0.1, 0.15) is 5.69 Å². The first-order valence-corrected chi connectivity index (χ1v) is 8.62. The number of aromatic amines is 1. The molecule has 7 heteroatoms. The number of aromatic nitrogens is 2. The van der Waals surface area contributed by atoms with Gasteiger partial charge in [0.2, 0.25) is 0 Å². The van der Waals surface area contributed by atoms with Crippen LogP contribution in [0.3, 0.4) is 0 Å². The van der Waals surface area contributed by atoms with Crippen molar-refractivity contribution in [3.05, 3.63) is 40.5 Å². The molecule has 1 fully saturated rings. The molecule has 6 nitrogen and oxygen atoms in total. The zero-order chi connectivity index (χ0) is 17.0. The normalized spacial score (nSPS) is 20.2. The predicted octanol–water partition coefficient (Wildman–Crippen LogP) is 2.76. The van der Waals surface area contributed by atoms with E-state index in [1.165, 1.54) is 0 Å². The lowest BCUT2D eigenvalue weighted by Crippen LogP contribution is -2.49. The summed E-state index contributed by atoms with van der Waals surface area (Å²) in [4.78, 5) is 12.6. The van der Waals surface area contributed by atoms with Gasteiger partial charge in [0, 0.05) is 30.4 Å². The molecule has 1 saturated heterocycles. The van der Waals surface area contributed by atoms with Crippen molar-refractivity contribution in [1.29, 1.82) is 0 Å². The molecule has 1 aromatic carbocycles. The third kappa shape index (κ3) is 3.85. The molecular formula is C17H20BrN3O3. The zero-order valence-corrected chi connectivity index (χ0v) is 15.1. The van der Waals surface area contributed by atoms with Crippen molar-refractivity contribution in [3.8, 4) is 11.3 Å². The first-order valence-electron chi connectivity index (χ1n) is 7.82. The molecule has 1 aliphatic rings. The minimum absolute atomic E-state index is 0.174. The molecule has 0 radical (unpaired) electrons. The van der Waals surface area contributed by atoms with Gasteiger partial charge in [-0.3, -0.25) is 9.89 Å². The van der Waals surface area contributed by atoms with Crippen LogP contribution >= 0.6 is 15.9 Å². The van der Waals surface area contributed by atoms with E-state index in [-0.39, 0.29) is 11.4 Å². The molecule has 0 saturated carbocycles. The van der Waals surface area contributed by atoms with Crippen LogP contribution in [0.1, 0.15) is 23.3 Å². The quantitative estimate of drug-likeness (QED) is 0.790. The summed E-state index contributed by atoms with van der Waals surface area (Å²) in [6.07, 6.45) is 1.51. The van der Waals surface area contributed by atoms with Gasteiger partial charge in [-0.2, -0.15) is 5.10 Å². The lowest BCUT2D eigenvalue weighted by atomic mass is 9.94. The summed E-state index contributed by atoms with van der Waals surface area (Å²) >= 11 is 3.41. The van der Waals surface area contributed by atoms with E-state index in [0.717, 1.165) is 28.6 Å². The predicted molar refractivity (Wildman–Crippen MR) is 93.8 cm³/mol. The molecule has 2 aromatic rings. The number of amides is 1. The van der Waals surface area contributed by atoms with Gasteiger partial charge in [0.15, 0.2) is 0 Å².